The molecule has 0 saturated carbocycles. The van der Waals surface area contributed by atoms with Crippen molar-refractivity contribution >= 4 is 22.0 Å². The van der Waals surface area contributed by atoms with E-state index in [-0.39, 0.29) is 41.4 Å². The van der Waals surface area contributed by atoms with Gasteiger partial charge in [-0.3, -0.25) is 9.36 Å². The summed E-state index contributed by atoms with van der Waals surface area (Å²) in [5.41, 5.74) is 0.129. The van der Waals surface area contributed by atoms with Gasteiger partial charge in [-0.15, -0.1) is 0 Å². The molecule has 3 aromatic rings. The molecule has 0 aliphatic rings. The molecule has 0 aliphatic heterocycles. The lowest BCUT2D eigenvalue weighted by molar-refractivity contribution is 0.193. The molecule has 3 rings (SSSR count). The fraction of sp³-hybridized carbons (Fsp3) is 0.211. The topological polar surface area (TPSA) is 119 Å². The summed E-state index contributed by atoms with van der Waals surface area (Å²) in [6.07, 6.45) is 0.254. The fourth-order valence-electron chi connectivity index (χ4n) is 2.61. The van der Waals surface area contributed by atoms with Gasteiger partial charge in [0.1, 0.15) is 34.4 Å². The first kappa shape index (κ1) is 22.3. The second-order valence-electron chi connectivity index (χ2n) is 6.32. The van der Waals surface area contributed by atoms with E-state index in [1.807, 2.05) is 0 Å². The molecule has 2 aromatic heterocycles. The third-order valence-corrected chi connectivity index (χ3v) is 4.81. The van der Waals surface area contributed by atoms with Gasteiger partial charge in [0.05, 0.1) is 18.8 Å². The van der Waals surface area contributed by atoms with Crippen LogP contribution in [0.2, 0.25) is 0 Å². The highest BCUT2D eigenvalue weighted by atomic mass is 79.9. The van der Waals surface area contributed by atoms with Crippen LogP contribution in [0.4, 0.5) is 13.6 Å². The zero-order valence-electron chi connectivity index (χ0n) is 16.1. The number of carbonyl (C=O) groups is 1. The summed E-state index contributed by atoms with van der Waals surface area (Å²) >= 11 is 3.15. The number of aromatic nitrogens is 4. The highest BCUT2D eigenvalue weighted by Gasteiger charge is 2.16. The van der Waals surface area contributed by atoms with E-state index in [0.29, 0.717) is 11.5 Å². The lowest BCUT2D eigenvalue weighted by atomic mass is 10.2. The summed E-state index contributed by atoms with van der Waals surface area (Å²) in [6.45, 7) is 1.33. The smallest absolute Gasteiger partial charge is 0.405 e. The monoisotopic (exact) mass is 495 g/mol. The molecule has 1 aromatic carbocycles. The van der Waals surface area contributed by atoms with Gasteiger partial charge in [-0.25, -0.2) is 23.5 Å². The summed E-state index contributed by atoms with van der Waals surface area (Å²) in [5, 5.41) is 10.8. The van der Waals surface area contributed by atoms with E-state index >= 15 is 0 Å². The lowest BCUT2D eigenvalue weighted by Gasteiger charge is -2.13. The van der Waals surface area contributed by atoms with Crippen LogP contribution in [-0.2, 0) is 19.7 Å². The molecule has 162 valence electrons. The summed E-state index contributed by atoms with van der Waals surface area (Å²) in [5.74, 6) is -0.939. The molecule has 0 spiro atoms. The quantitative estimate of drug-likeness (QED) is 0.517. The summed E-state index contributed by atoms with van der Waals surface area (Å²) < 4.78 is 33.6. The number of rotatable bonds is 7. The summed E-state index contributed by atoms with van der Waals surface area (Å²) in [7, 11) is 0. The number of halogens is 3. The summed E-state index contributed by atoms with van der Waals surface area (Å²) in [6, 6.07) is 4.69. The van der Waals surface area contributed by atoms with E-state index in [0.717, 1.165) is 12.1 Å². The zero-order chi connectivity index (χ0) is 22.5. The molecule has 0 atom stereocenters. The molecule has 0 aliphatic carbocycles. The van der Waals surface area contributed by atoms with E-state index in [4.69, 9.17) is 9.84 Å². The number of hydrogen-bond donors (Lipinski definition) is 2. The molecule has 31 heavy (non-hydrogen) atoms. The van der Waals surface area contributed by atoms with Crippen LogP contribution in [0.15, 0.2) is 39.7 Å². The molecular formula is C19H16BrF2N5O4. The first-order chi connectivity index (χ1) is 14.7. The predicted molar refractivity (Wildman–Crippen MR) is 108 cm³/mol. The third kappa shape index (κ3) is 5.60. The first-order valence-corrected chi connectivity index (χ1v) is 9.65. The Bertz CT molecular complexity index is 1190. The molecule has 1 amide bonds. The average molecular weight is 496 g/mol. The number of hydrogen-bond acceptors (Lipinski definition) is 6. The molecule has 0 radical (unpaired) electrons. The Morgan fingerprint density at radius 2 is 2.06 bits per heavy atom. The van der Waals surface area contributed by atoms with E-state index in [1.165, 1.54) is 16.8 Å². The van der Waals surface area contributed by atoms with E-state index in [9.17, 15) is 18.4 Å². The van der Waals surface area contributed by atoms with Gasteiger partial charge >= 0.3 is 6.09 Å². The minimum Gasteiger partial charge on any atom is -0.472 e. The maximum Gasteiger partial charge on any atom is 0.405 e. The predicted octanol–water partition coefficient (Wildman–Crippen LogP) is 2.78. The number of amides is 1. The number of benzene rings is 1. The standard InChI is InChI=1S/C19H16BrF2N5O4/c1-10-25-17(31-9-11-2-3-12(21)6-14(11)22)16(20)18(28)27(10)8-13-4-5-23-15(26-13)7-24-19(29)30/h2-6,24H,7-9H2,1H3,(H,29,30). The Kier molecular flexibility index (Phi) is 6.90. The van der Waals surface area contributed by atoms with Gasteiger partial charge in [-0.05, 0) is 41.1 Å². The van der Waals surface area contributed by atoms with Crippen molar-refractivity contribution in [2.24, 2.45) is 0 Å². The van der Waals surface area contributed by atoms with Gasteiger partial charge in [0, 0.05) is 17.8 Å². The van der Waals surface area contributed by atoms with Crippen LogP contribution in [-0.4, -0.2) is 30.7 Å². The number of nitrogens with one attached hydrogen (secondary N) is 1. The summed E-state index contributed by atoms with van der Waals surface area (Å²) in [4.78, 5) is 35.8. The fourth-order valence-corrected chi connectivity index (χ4v) is 3.03. The highest BCUT2D eigenvalue weighted by molar-refractivity contribution is 9.10. The Morgan fingerprint density at radius 3 is 2.77 bits per heavy atom. The minimum atomic E-state index is -1.20. The number of aryl methyl sites for hydroxylation is 1. The highest BCUT2D eigenvalue weighted by Crippen LogP contribution is 2.21. The molecule has 12 heteroatoms. The third-order valence-electron chi connectivity index (χ3n) is 4.14. The van der Waals surface area contributed by atoms with Gasteiger partial charge in [0.15, 0.2) is 0 Å². The van der Waals surface area contributed by atoms with Gasteiger partial charge in [-0.2, -0.15) is 4.98 Å². The normalized spacial score (nSPS) is 10.7. The van der Waals surface area contributed by atoms with Crippen molar-refractivity contribution in [3.63, 3.8) is 0 Å². The van der Waals surface area contributed by atoms with Crippen LogP contribution in [0.25, 0.3) is 0 Å². The van der Waals surface area contributed by atoms with Crippen molar-refractivity contribution in [1.29, 1.82) is 0 Å². The van der Waals surface area contributed by atoms with Crippen LogP contribution in [0.3, 0.4) is 0 Å². The van der Waals surface area contributed by atoms with Crippen molar-refractivity contribution in [1.82, 2.24) is 24.8 Å². The Balaban J connectivity index is 1.79. The molecular weight excluding hydrogens is 480 g/mol. The zero-order valence-corrected chi connectivity index (χ0v) is 17.7. The van der Waals surface area contributed by atoms with Crippen LogP contribution < -0.4 is 15.6 Å². The van der Waals surface area contributed by atoms with Crippen LogP contribution in [0.1, 0.15) is 22.9 Å². The Labute approximate surface area is 182 Å². The van der Waals surface area contributed by atoms with Crippen LogP contribution >= 0.6 is 15.9 Å². The molecule has 2 N–H and O–H groups in total. The van der Waals surface area contributed by atoms with E-state index in [2.05, 4.69) is 36.2 Å². The second-order valence-corrected chi connectivity index (χ2v) is 7.11. The van der Waals surface area contributed by atoms with E-state index in [1.54, 1.807) is 13.0 Å². The Morgan fingerprint density at radius 1 is 1.29 bits per heavy atom. The number of carboxylic acid groups (broad SMARTS) is 1. The lowest BCUT2D eigenvalue weighted by Crippen LogP contribution is -2.27. The maximum atomic E-state index is 13.8. The SMILES string of the molecule is Cc1nc(OCc2ccc(F)cc2F)c(Br)c(=O)n1Cc1ccnc(CNC(=O)O)n1. The van der Waals surface area contributed by atoms with Gasteiger partial charge in [-0.1, -0.05) is 0 Å². The average Bonchev–Trinajstić information content (AvgIpc) is 2.72. The van der Waals surface area contributed by atoms with Crippen LogP contribution in [0, 0.1) is 18.6 Å². The largest absolute Gasteiger partial charge is 0.472 e. The maximum absolute atomic E-state index is 13.8. The Hall–Kier alpha value is -3.41. The molecule has 0 saturated heterocycles. The van der Waals surface area contributed by atoms with Crippen molar-refractivity contribution in [2.45, 2.75) is 26.6 Å². The molecule has 9 nitrogen and oxygen atoms in total. The molecule has 0 fully saturated rings. The van der Waals surface area contributed by atoms with Gasteiger partial charge in [0.25, 0.3) is 5.56 Å². The number of ether oxygens (including phenoxy) is 1. The first-order valence-electron chi connectivity index (χ1n) is 8.86. The minimum absolute atomic E-state index is 0.0300. The van der Waals surface area contributed by atoms with Gasteiger partial charge < -0.3 is 15.2 Å². The second kappa shape index (κ2) is 9.60. The molecule has 2 heterocycles. The van der Waals surface area contributed by atoms with Gasteiger partial charge in [0.2, 0.25) is 5.88 Å². The van der Waals surface area contributed by atoms with E-state index < -0.39 is 23.3 Å². The van der Waals surface area contributed by atoms with Crippen molar-refractivity contribution in [3.05, 3.63) is 79.8 Å². The molecule has 0 bridgehead atoms. The number of nitrogens with zero attached hydrogens (tertiary/aromatic N) is 4. The van der Waals surface area contributed by atoms with Crippen LogP contribution in [0.5, 0.6) is 5.88 Å². The van der Waals surface area contributed by atoms with Crippen molar-refractivity contribution in [3.8, 4) is 5.88 Å². The van der Waals surface area contributed by atoms with Crippen molar-refractivity contribution in [2.75, 3.05) is 0 Å². The molecule has 0 unspecified atom stereocenters. The van der Waals surface area contributed by atoms with Crippen molar-refractivity contribution < 1.29 is 23.4 Å².